The van der Waals surface area contributed by atoms with Gasteiger partial charge in [0.05, 0.1) is 13.2 Å². The molecule has 0 amide bonds. The fourth-order valence-electron chi connectivity index (χ4n) is 1.46. The molecule has 1 aliphatic heterocycles. The number of benzene rings is 1. The van der Waals surface area contributed by atoms with Crippen LogP contribution in [0.5, 0.6) is 5.75 Å². The summed E-state index contributed by atoms with van der Waals surface area (Å²) in [5, 5.41) is 9.66. The number of halogens is 1. The van der Waals surface area contributed by atoms with Gasteiger partial charge in [-0.1, -0.05) is 11.6 Å². The van der Waals surface area contributed by atoms with Crippen molar-refractivity contribution in [3.63, 3.8) is 0 Å². The predicted octanol–water partition coefficient (Wildman–Crippen LogP) is 1.77. The molecule has 0 atom stereocenters. The molecule has 64 valence electrons. The molecule has 2 nitrogen and oxygen atoms in total. The molecule has 2 rings (SSSR count). The van der Waals surface area contributed by atoms with Crippen LogP contribution in [0, 0.1) is 0 Å². The zero-order valence-corrected chi connectivity index (χ0v) is 7.27. The van der Waals surface area contributed by atoms with Crippen molar-refractivity contribution >= 4 is 11.6 Å². The van der Waals surface area contributed by atoms with Crippen molar-refractivity contribution in [2.75, 3.05) is 6.61 Å². The van der Waals surface area contributed by atoms with E-state index in [2.05, 4.69) is 0 Å². The normalized spacial score (nSPS) is 14.2. The molecule has 1 heterocycles. The summed E-state index contributed by atoms with van der Waals surface area (Å²) < 4.78 is 5.36. The van der Waals surface area contributed by atoms with Crippen LogP contribution < -0.4 is 4.74 Å². The Hall–Kier alpha value is -0.730. The lowest BCUT2D eigenvalue weighted by Crippen LogP contribution is -1.91. The van der Waals surface area contributed by atoms with Gasteiger partial charge in [0.2, 0.25) is 0 Å². The zero-order chi connectivity index (χ0) is 8.55. The predicted molar refractivity (Wildman–Crippen MR) is 46.6 cm³/mol. The van der Waals surface area contributed by atoms with E-state index in [9.17, 15) is 0 Å². The van der Waals surface area contributed by atoms with Gasteiger partial charge in [0.1, 0.15) is 5.75 Å². The first-order valence-corrected chi connectivity index (χ1v) is 4.24. The Morgan fingerprint density at radius 2 is 2.33 bits per heavy atom. The van der Waals surface area contributed by atoms with Gasteiger partial charge < -0.3 is 9.84 Å². The Labute approximate surface area is 75.7 Å². The Morgan fingerprint density at radius 3 is 3.08 bits per heavy atom. The second kappa shape index (κ2) is 2.96. The molecule has 1 aromatic carbocycles. The van der Waals surface area contributed by atoms with Crippen molar-refractivity contribution in [1.82, 2.24) is 0 Å². The van der Waals surface area contributed by atoms with Gasteiger partial charge in [-0.15, -0.1) is 0 Å². The van der Waals surface area contributed by atoms with Gasteiger partial charge in [0, 0.05) is 17.0 Å². The van der Waals surface area contributed by atoms with Crippen molar-refractivity contribution < 1.29 is 9.84 Å². The Kier molecular flexibility index (Phi) is 1.95. The molecule has 0 aliphatic carbocycles. The SMILES string of the molecule is OCc1cc(Cl)cc2c1OCC2. The van der Waals surface area contributed by atoms with Crippen LogP contribution in [0.3, 0.4) is 0 Å². The van der Waals surface area contributed by atoms with E-state index >= 15 is 0 Å². The molecule has 12 heavy (non-hydrogen) atoms. The van der Waals surface area contributed by atoms with Gasteiger partial charge in [0.25, 0.3) is 0 Å². The van der Waals surface area contributed by atoms with Crippen LogP contribution >= 0.6 is 11.6 Å². The fraction of sp³-hybridized carbons (Fsp3) is 0.333. The molecule has 3 heteroatoms. The quantitative estimate of drug-likeness (QED) is 0.721. The smallest absolute Gasteiger partial charge is 0.128 e. The Bertz CT molecular complexity index is 310. The van der Waals surface area contributed by atoms with Gasteiger partial charge in [-0.05, 0) is 17.7 Å². The number of hydrogen-bond acceptors (Lipinski definition) is 2. The average molecular weight is 185 g/mol. The minimum atomic E-state index is -0.0110. The molecular formula is C9H9ClO2. The lowest BCUT2D eigenvalue weighted by molar-refractivity contribution is 0.271. The van der Waals surface area contributed by atoms with Gasteiger partial charge in [-0.25, -0.2) is 0 Å². The topological polar surface area (TPSA) is 29.5 Å². The van der Waals surface area contributed by atoms with Crippen molar-refractivity contribution in [1.29, 1.82) is 0 Å². The molecule has 1 N–H and O–H groups in total. The largest absolute Gasteiger partial charge is 0.493 e. The molecule has 0 saturated heterocycles. The number of aliphatic hydroxyl groups excluding tert-OH is 1. The number of ether oxygens (including phenoxy) is 1. The number of fused-ring (bicyclic) bond motifs is 1. The van der Waals surface area contributed by atoms with Crippen LogP contribution in [-0.2, 0) is 13.0 Å². The van der Waals surface area contributed by atoms with Gasteiger partial charge in [-0.2, -0.15) is 0 Å². The summed E-state index contributed by atoms with van der Waals surface area (Å²) in [5.74, 6) is 0.821. The van der Waals surface area contributed by atoms with Crippen molar-refractivity contribution in [3.8, 4) is 5.75 Å². The van der Waals surface area contributed by atoms with Crippen molar-refractivity contribution in [3.05, 3.63) is 28.3 Å². The molecule has 0 saturated carbocycles. The molecule has 1 aromatic rings. The first kappa shape index (κ1) is 7.90. The third-order valence-electron chi connectivity index (χ3n) is 2.00. The highest BCUT2D eigenvalue weighted by Crippen LogP contribution is 2.32. The molecule has 0 spiro atoms. The van der Waals surface area contributed by atoms with Gasteiger partial charge in [-0.3, -0.25) is 0 Å². The van der Waals surface area contributed by atoms with E-state index in [0.717, 1.165) is 23.3 Å². The van der Waals surface area contributed by atoms with E-state index in [0.29, 0.717) is 11.6 Å². The van der Waals surface area contributed by atoms with Crippen molar-refractivity contribution in [2.24, 2.45) is 0 Å². The van der Waals surface area contributed by atoms with E-state index in [1.165, 1.54) is 0 Å². The maximum Gasteiger partial charge on any atom is 0.128 e. The number of hydrogen-bond donors (Lipinski definition) is 1. The second-order valence-corrected chi connectivity index (χ2v) is 3.25. The highest BCUT2D eigenvalue weighted by molar-refractivity contribution is 6.30. The van der Waals surface area contributed by atoms with Crippen molar-refractivity contribution in [2.45, 2.75) is 13.0 Å². The van der Waals surface area contributed by atoms with Crippen LogP contribution in [0.2, 0.25) is 5.02 Å². The average Bonchev–Trinajstić information content (AvgIpc) is 2.50. The first-order valence-electron chi connectivity index (χ1n) is 3.86. The summed E-state index contributed by atoms with van der Waals surface area (Å²) in [4.78, 5) is 0. The first-order chi connectivity index (χ1) is 5.81. The van der Waals surface area contributed by atoms with Gasteiger partial charge in [0.15, 0.2) is 0 Å². The standard InChI is InChI=1S/C9H9ClO2/c10-8-3-6-1-2-12-9(6)7(4-8)5-11/h3-4,11H,1-2,5H2. The maximum atomic E-state index is 8.99. The van der Waals surface area contributed by atoms with Crippen LogP contribution in [-0.4, -0.2) is 11.7 Å². The van der Waals surface area contributed by atoms with E-state index in [4.69, 9.17) is 21.4 Å². The third kappa shape index (κ3) is 1.17. The fourth-order valence-corrected chi connectivity index (χ4v) is 1.73. The molecule has 0 radical (unpaired) electrons. The zero-order valence-electron chi connectivity index (χ0n) is 6.51. The molecule has 0 unspecified atom stereocenters. The van der Waals surface area contributed by atoms with Crippen LogP contribution in [0.25, 0.3) is 0 Å². The summed E-state index contributed by atoms with van der Waals surface area (Å²) in [6.45, 7) is 0.686. The van der Waals surface area contributed by atoms with E-state index in [1.807, 2.05) is 6.07 Å². The van der Waals surface area contributed by atoms with Crippen LogP contribution in [0.15, 0.2) is 12.1 Å². The lowest BCUT2D eigenvalue weighted by atomic mass is 10.1. The summed E-state index contributed by atoms with van der Waals surface area (Å²) in [7, 11) is 0. The van der Waals surface area contributed by atoms with E-state index in [1.54, 1.807) is 6.07 Å². The number of aliphatic hydroxyl groups is 1. The second-order valence-electron chi connectivity index (χ2n) is 2.81. The Morgan fingerprint density at radius 1 is 1.50 bits per heavy atom. The minimum absolute atomic E-state index is 0.0110. The van der Waals surface area contributed by atoms with E-state index < -0.39 is 0 Å². The summed E-state index contributed by atoms with van der Waals surface area (Å²) >= 11 is 5.84. The van der Waals surface area contributed by atoms with Crippen LogP contribution in [0.4, 0.5) is 0 Å². The highest BCUT2D eigenvalue weighted by atomic mass is 35.5. The molecule has 0 fully saturated rings. The lowest BCUT2D eigenvalue weighted by Gasteiger charge is -2.05. The summed E-state index contributed by atoms with van der Waals surface area (Å²) in [5.41, 5.74) is 1.89. The van der Waals surface area contributed by atoms with Crippen LogP contribution in [0.1, 0.15) is 11.1 Å². The molecular weight excluding hydrogens is 176 g/mol. The number of rotatable bonds is 1. The third-order valence-corrected chi connectivity index (χ3v) is 2.21. The van der Waals surface area contributed by atoms with E-state index in [-0.39, 0.29) is 6.61 Å². The molecule has 0 aromatic heterocycles. The summed E-state index contributed by atoms with van der Waals surface area (Å²) in [6, 6.07) is 3.63. The van der Waals surface area contributed by atoms with Gasteiger partial charge >= 0.3 is 0 Å². The molecule has 0 bridgehead atoms. The monoisotopic (exact) mass is 184 g/mol. The Balaban J connectivity index is 2.55. The maximum absolute atomic E-state index is 8.99. The molecule has 1 aliphatic rings. The summed E-state index contributed by atoms with van der Waals surface area (Å²) in [6.07, 6.45) is 0.892. The minimum Gasteiger partial charge on any atom is -0.493 e. The highest BCUT2D eigenvalue weighted by Gasteiger charge is 2.16.